The molecule has 6 rings (SSSR count). The highest BCUT2D eigenvalue weighted by Gasteiger charge is 2.42. The van der Waals surface area contributed by atoms with Crippen LogP contribution in [0.2, 0.25) is 0 Å². The topological polar surface area (TPSA) is 203 Å². The first-order chi connectivity index (χ1) is 31.2. The first-order valence-electron chi connectivity index (χ1n) is 21.6. The number of hydrogen-bond donors (Lipinski definition) is 5. The van der Waals surface area contributed by atoms with E-state index >= 15 is 0 Å². The average molecular weight is 893 g/mol. The Bertz CT molecular complexity index is 2300. The first kappa shape index (κ1) is 47.7. The predicted molar refractivity (Wildman–Crippen MR) is 246 cm³/mol. The summed E-state index contributed by atoms with van der Waals surface area (Å²) in [6, 6.07) is 25.0. The monoisotopic (exact) mass is 892 g/mol. The molecule has 0 saturated heterocycles. The lowest BCUT2D eigenvalue weighted by Gasteiger charge is -2.32. The molecule has 2 aliphatic rings. The largest absolute Gasteiger partial charge is 0.497 e. The number of ether oxygens (including phenoxy) is 5. The van der Waals surface area contributed by atoms with Gasteiger partial charge in [-0.15, -0.1) is 0 Å². The zero-order valence-corrected chi connectivity index (χ0v) is 37.8. The highest BCUT2D eigenvalue weighted by molar-refractivity contribution is 5.98. The van der Waals surface area contributed by atoms with Gasteiger partial charge in [-0.1, -0.05) is 54.6 Å². The Morgan fingerprint density at radius 2 is 1.54 bits per heavy atom. The van der Waals surface area contributed by atoms with Crippen LogP contribution in [0.1, 0.15) is 68.7 Å². The van der Waals surface area contributed by atoms with E-state index < -0.39 is 54.0 Å². The van der Waals surface area contributed by atoms with E-state index in [4.69, 9.17) is 29.4 Å². The fraction of sp³-hybridized carbons (Fsp3) is 0.388. The third-order valence-electron chi connectivity index (χ3n) is 11.1. The van der Waals surface area contributed by atoms with Crippen LogP contribution in [0.5, 0.6) is 17.2 Å². The maximum Gasteiger partial charge on any atom is 0.416 e. The molecule has 0 aromatic heterocycles. The first-order valence-corrected chi connectivity index (χ1v) is 21.6. The highest BCUT2D eigenvalue weighted by Crippen LogP contribution is 2.43. The summed E-state index contributed by atoms with van der Waals surface area (Å²) in [7, 11) is 4.65. The lowest BCUT2D eigenvalue weighted by molar-refractivity contribution is -0.127. The third kappa shape index (κ3) is 12.7. The van der Waals surface area contributed by atoms with Crippen LogP contribution in [0.15, 0.2) is 97.2 Å². The maximum absolute atomic E-state index is 14.1. The van der Waals surface area contributed by atoms with Gasteiger partial charge in [0.25, 0.3) is 0 Å². The number of carbonyl (C=O) groups excluding carboxylic acids is 4. The van der Waals surface area contributed by atoms with E-state index in [9.17, 15) is 24.3 Å². The molecule has 4 atom stereocenters. The van der Waals surface area contributed by atoms with Gasteiger partial charge in [0.05, 0.1) is 39.1 Å². The molecule has 0 fully saturated rings. The van der Waals surface area contributed by atoms with Crippen molar-refractivity contribution < 1.29 is 48.0 Å². The van der Waals surface area contributed by atoms with Crippen molar-refractivity contribution in [3.63, 3.8) is 0 Å². The summed E-state index contributed by atoms with van der Waals surface area (Å²) < 4.78 is 27.7. The molecule has 2 aliphatic heterocycles. The number of carbonyl (C=O) groups is 4. The average Bonchev–Trinajstić information content (AvgIpc) is 3.67. The Morgan fingerprint density at radius 1 is 0.846 bits per heavy atom. The van der Waals surface area contributed by atoms with Crippen molar-refractivity contribution >= 4 is 40.9 Å². The number of aliphatic hydroxyl groups is 1. The second-order valence-electron chi connectivity index (χ2n) is 17.0. The molecule has 6 N–H and O–H groups in total. The summed E-state index contributed by atoms with van der Waals surface area (Å²) in [5, 5.41) is 20.4. The molecule has 4 amide bonds. The Labute approximate surface area is 380 Å². The van der Waals surface area contributed by atoms with Crippen molar-refractivity contribution in [3.8, 4) is 17.2 Å². The fourth-order valence-electron chi connectivity index (χ4n) is 7.72. The van der Waals surface area contributed by atoms with Crippen LogP contribution in [-0.2, 0) is 38.6 Å². The summed E-state index contributed by atoms with van der Waals surface area (Å²) in [5.74, 6) is 0.678. The molecule has 65 heavy (non-hydrogen) atoms. The standard InChI is InChI=1S/C49H60N6O10/c1-49(2,3)65-47(59)51-23-11-10-14-39(53-44(56)38(50)24-31-12-8-7-9-13-31)45(57)52-36-19-15-32(16-20-36)30-64-48(60)55-40-27-43(63-6)42(62-5)26-35(40)29-54-28-34(25-41(54)46(55)58)33-17-21-37(61-4)22-18-33/h7-9,12-13,15-22,26-28,38-39,41,46,58H,10-11,14,23-25,29-30,50H2,1-6H3,(H,51,59)(H,52,57)(H,53,56)/t38-,39-,41-,46-/m0/s1. The van der Waals surface area contributed by atoms with Gasteiger partial charge in [-0.2, -0.15) is 0 Å². The molecule has 0 spiro atoms. The molecule has 4 aromatic carbocycles. The third-order valence-corrected chi connectivity index (χ3v) is 11.1. The number of nitrogens with one attached hydrogen (secondary N) is 3. The number of aliphatic hydroxyl groups excluding tert-OH is 1. The van der Waals surface area contributed by atoms with Crippen molar-refractivity contribution in [2.45, 2.75) is 96.0 Å². The predicted octanol–water partition coefficient (Wildman–Crippen LogP) is 6.49. The molecule has 0 radical (unpaired) electrons. The van der Waals surface area contributed by atoms with Crippen molar-refractivity contribution in [1.82, 2.24) is 15.5 Å². The molecule has 0 aliphatic carbocycles. The molecule has 0 bridgehead atoms. The van der Waals surface area contributed by atoms with E-state index in [1.807, 2.05) is 65.7 Å². The molecule has 2 heterocycles. The Kier molecular flexibility index (Phi) is 15.9. The number of fused-ring (bicyclic) bond motifs is 2. The number of alkyl carbamates (subject to hydrolysis) is 1. The molecule has 0 saturated carbocycles. The van der Waals surface area contributed by atoms with E-state index in [0.29, 0.717) is 67.2 Å². The van der Waals surface area contributed by atoms with Crippen molar-refractivity contribution in [2.24, 2.45) is 5.73 Å². The van der Waals surface area contributed by atoms with Gasteiger partial charge in [-0.25, -0.2) is 14.5 Å². The number of anilines is 2. The van der Waals surface area contributed by atoms with Gasteiger partial charge < -0.3 is 55.4 Å². The summed E-state index contributed by atoms with van der Waals surface area (Å²) in [6.07, 6.45) is 1.48. The lowest BCUT2D eigenvalue weighted by Crippen LogP contribution is -2.50. The second-order valence-corrected chi connectivity index (χ2v) is 17.0. The van der Waals surface area contributed by atoms with Gasteiger partial charge >= 0.3 is 12.2 Å². The quantitative estimate of drug-likeness (QED) is 0.0723. The molecule has 0 unspecified atom stereocenters. The van der Waals surface area contributed by atoms with Crippen LogP contribution in [-0.4, -0.2) is 91.8 Å². The van der Waals surface area contributed by atoms with Gasteiger partial charge in [0.2, 0.25) is 11.8 Å². The minimum absolute atomic E-state index is 0.141. The van der Waals surface area contributed by atoms with E-state index in [-0.39, 0.29) is 13.0 Å². The molecular weight excluding hydrogens is 833 g/mol. The maximum atomic E-state index is 14.1. The normalized spacial score (nSPS) is 16.4. The van der Waals surface area contributed by atoms with Crippen molar-refractivity contribution in [2.75, 3.05) is 38.1 Å². The van der Waals surface area contributed by atoms with Crippen LogP contribution in [0.4, 0.5) is 21.0 Å². The molecular formula is C49H60N6O10. The zero-order chi connectivity index (χ0) is 46.7. The fourth-order valence-corrected chi connectivity index (χ4v) is 7.72. The highest BCUT2D eigenvalue weighted by atomic mass is 16.6. The summed E-state index contributed by atoms with van der Waals surface area (Å²) in [6.45, 7) is 5.90. The second kappa shape index (κ2) is 21.7. The zero-order valence-electron chi connectivity index (χ0n) is 37.8. The number of amides is 4. The number of nitrogens with zero attached hydrogens (tertiary/aromatic N) is 2. The number of methoxy groups -OCH3 is 3. The molecule has 4 aromatic rings. The van der Waals surface area contributed by atoms with Gasteiger partial charge in [-0.3, -0.25) is 9.59 Å². The van der Waals surface area contributed by atoms with Gasteiger partial charge in [0.15, 0.2) is 17.7 Å². The van der Waals surface area contributed by atoms with E-state index in [1.165, 1.54) is 19.1 Å². The number of benzene rings is 4. The van der Waals surface area contributed by atoms with Crippen molar-refractivity contribution in [1.29, 1.82) is 0 Å². The van der Waals surface area contributed by atoms with Crippen LogP contribution >= 0.6 is 0 Å². The number of hydrogen-bond acceptors (Lipinski definition) is 12. The minimum Gasteiger partial charge on any atom is -0.497 e. The Balaban J connectivity index is 1.11. The van der Waals surface area contributed by atoms with Gasteiger partial charge in [0.1, 0.15) is 24.0 Å². The summed E-state index contributed by atoms with van der Waals surface area (Å²) in [4.78, 5) is 56.4. The molecule has 16 heteroatoms. The van der Waals surface area contributed by atoms with Crippen LogP contribution in [0, 0.1) is 0 Å². The van der Waals surface area contributed by atoms with E-state index in [2.05, 4.69) is 16.0 Å². The molecule has 16 nitrogen and oxygen atoms in total. The van der Waals surface area contributed by atoms with Crippen LogP contribution in [0.25, 0.3) is 5.57 Å². The number of unbranched alkanes of at least 4 members (excludes halogenated alkanes) is 1. The van der Waals surface area contributed by atoms with Gasteiger partial charge in [-0.05, 0) is 111 Å². The lowest BCUT2D eigenvalue weighted by atomic mass is 10.0. The SMILES string of the molecule is COc1ccc(C2=CN3Cc4cc(OC)c(OC)cc4N(C(=O)OCc4ccc(NC(=O)[C@H](CCCCNC(=O)OC(C)(C)C)NC(=O)[C@@H](N)Cc5ccccc5)cc4)[C@@H](O)[C@@H]3C2)cc1. The minimum atomic E-state index is -1.30. The van der Waals surface area contributed by atoms with E-state index in [1.54, 1.807) is 64.3 Å². The Morgan fingerprint density at radius 3 is 2.20 bits per heavy atom. The number of rotatable bonds is 17. The smallest absolute Gasteiger partial charge is 0.416 e. The van der Waals surface area contributed by atoms with Crippen LogP contribution in [0.3, 0.4) is 0 Å². The summed E-state index contributed by atoms with van der Waals surface area (Å²) in [5.41, 5.74) is 10.7. The van der Waals surface area contributed by atoms with E-state index in [0.717, 1.165) is 28.0 Å². The molecule has 346 valence electrons. The van der Waals surface area contributed by atoms with Crippen LogP contribution < -0.4 is 40.8 Å². The van der Waals surface area contributed by atoms with Crippen molar-refractivity contribution in [3.05, 3.63) is 119 Å². The van der Waals surface area contributed by atoms with Gasteiger partial charge in [0, 0.05) is 31.0 Å². The number of nitrogens with two attached hydrogens (primary N) is 1. The Hall–Kier alpha value is -6.78. The summed E-state index contributed by atoms with van der Waals surface area (Å²) >= 11 is 0.